The van der Waals surface area contributed by atoms with Gasteiger partial charge in [0.1, 0.15) is 18.1 Å². The van der Waals surface area contributed by atoms with Crippen LogP contribution in [0.3, 0.4) is 0 Å². The van der Waals surface area contributed by atoms with E-state index in [1.54, 1.807) is 0 Å². The van der Waals surface area contributed by atoms with E-state index in [1.165, 1.54) is 5.56 Å². The Kier molecular flexibility index (Phi) is 7.54. The lowest BCUT2D eigenvalue weighted by molar-refractivity contribution is 0.319. The van der Waals surface area contributed by atoms with Gasteiger partial charge in [-0.25, -0.2) is 0 Å². The van der Waals surface area contributed by atoms with Crippen LogP contribution >= 0.6 is 12.2 Å². The first kappa shape index (κ1) is 19.1. The van der Waals surface area contributed by atoms with Gasteiger partial charge in [0.15, 0.2) is 5.11 Å². The summed E-state index contributed by atoms with van der Waals surface area (Å²) in [5.74, 6) is 2.19. The second-order valence-electron chi connectivity index (χ2n) is 5.91. The number of rotatable bonds is 8. The van der Waals surface area contributed by atoms with Crippen molar-refractivity contribution in [2.24, 2.45) is 0 Å². The molecule has 0 bridgehead atoms. The summed E-state index contributed by atoms with van der Waals surface area (Å²) >= 11 is 5.30. The van der Waals surface area contributed by atoms with E-state index in [0.29, 0.717) is 30.8 Å². The minimum Gasteiger partial charge on any atom is -0.494 e. The Morgan fingerprint density at radius 2 is 1.56 bits per heavy atom. The molecule has 0 aliphatic rings. The molecule has 2 N–H and O–H groups in total. The van der Waals surface area contributed by atoms with Gasteiger partial charge in [-0.15, -0.1) is 0 Å². The third-order valence-corrected chi connectivity index (χ3v) is 3.87. The third kappa shape index (κ3) is 6.63. The SMILES string of the molecule is CCOc1ccc(OCCNC(=S)Nc2ccc(C(C)C)cc2)cc1. The van der Waals surface area contributed by atoms with Crippen LogP contribution in [0, 0.1) is 0 Å². The number of ether oxygens (including phenoxy) is 2. The molecule has 2 aromatic rings. The number of thiocarbonyl (C=S) groups is 1. The van der Waals surface area contributed by atoms with E-state index in [0.717, 1.165) is 17.2 Å². The summed E-state index contributed by atoms with van der Waals surface area (Å²) in [7, 11) is 0. The highest BCUT2D eigenvalue weighted by molar-refractivity contribution is 7.80. The fraction of sp³-hybridized carbons (Fsp3) is 0.350. The van der Waals surface area contributed by atoms with Crippen molar-refractivity contribution in [3.63, 3.8) is 0 Å². The van der Waals surface area contributed by atoms with Crippen LogP contribution in [-0.2, 0) is 0 Å². The van der Waals surface area contributed by atoms with Crippen LogP contribution in [0.15, 0.2) is 48.5 Å². The van der Waals surface area contributed by atoms with Crippen molar-refractivity contribution >= 4 is 23.0 Å². The fourth-order valence-electron chi connectivity index (χ4n) is 2.26. The molecule has 0 heterocycles. The molecule has 0 spiro atoms. The summed E-state index contributed by atoms with van der Waals surface area (Å²) in [5.41, 5.74) is 2.29. The van der Waals surface area contributed by atoms with Gasteiger partial charge in [0, 0.05) is 5.69 Å². The maximum atomic E-state index is 5.68. The Balaban J connectivity index is 1.68. The van der Waals surface area contributed by atoms with Crippen molar-refractivity contribution in [1.82, 2.24) is 5.32 Å². The zero-order valence-electron chi connectivity index (χ0n) is 15.0. The van der Waals surface area contributed by atoms with Gasteiger partial charge in [0.2, 0.25) is 0 Å². The lowest BCUT2D eigenvalue weighted by Gasteiger charge is -2.12. The third-order valence-electron chi connectivity index (χ3n) is 3.63. The lowest BCUT2D eigenvalue weighted by atomic mass is 10.0. The highest BCUT2D eigenvalue weighted by atomic mass is 32.1. The molecule has 0 radical (unpaired) electrons. The molecule has 0 aromatic heterocycles. The van der Waals surface area contributed by atoms with E-state index in [-0.39, 0.29) is 0 Å². The second kappa shape index (κ2) is 9.89. The van der Waals surface area contributed by atoms with E-state index in [1.807, 2.05) is 43.3 Å². The van der Waals surface area contributed by atoms with Gasteiger partial charge in [-0.3, -0.25) is 0 Å². The molecule has 5 heteroatoms. The van der Waals surface area contributed by atoms with Crippen LogP contribution in [-0.4, -0.2) is 24.9 Å². The highest BCUT2D eigenvalue weighted by Crippen LogP contribution is 2.18. The van der Waals surface area contributed by atoms with E-state index < -0.39 is 0 Å². The zero-order chi connectivity index (χ0) is 18.1. The van der Waals surface area contributed by atoms with Crippen molar-refractivity contribution in [2.75, 3.05) is 25.1 Å². The van der Waals surface area contributed by atoms with Crippen molar-refractivity contribution in [1.29, 1.82) is 0 Å². The van der Waals surface area contributed by atoms with Crippen LogP contribution in [0.1, 0.15) is 32.3 Å². The Hall–Kier alpha value is -2.27. The summed E-state index contributed by atoms with van der Waals surface area (Å²) in [5, 5.41) is 6.91. The van der Waals surface area contributed by atoms with Gasteiger partial charge >= 0.3 is 0 Å². The standard InChI is InChI=1S/C20H26N2O2S/c1-4-23-18-9-11-19(12-10-18)24-14-13-21-20(25)22-17-7-5-16(6-8-17)15(2)3/h5-12,15H,4,13-14H2,1-3H3,(H2,21,22,25). The van der Waals surface area contributed by atoms with Gasteiger partial charge in [-0.05, 0) is 67.0 Å². The Morgan fingerprint density at radius 1 is 0.960 bits per heavy atom. The van der Waals surface area contributed by atoms with Gasteiger partial charge in [-0.1, -0.05) is 26.0 Å². The maximum absolute atomic E-state index is 5.68. The first-order valence-electron chi connectivity index (χ1n) is 8.59. The summed E-state index contributed by atoms with van der Waals surface area (Å²) in [6, 6.07) is 15.9. The topological polar surface area (TPSA) is 42.5 Å². The van der Waals surface area contributed by atoms with Crippen LogP contribution in [0.25, 0.3) is 0 Å². The molecule has 0 saturated heterocycles. The average molecular weight is 359 g/mol. The minimum atomic E-state index is 0.527. The molecule has 134 valence electrons. The summed E-state index contributed by atoms with van der Waals surface area (Å²) in [6.07, 6.45) is 0. The molecule has 0 aliphatic carbocycles. The zero-order valence-corrected chi connectivity index (χ0v) is 15.9. The number of hydrogen-bond acceptors (Lipinski definition) is 3. The van der Waals surface area contributed by atoms with E-state index in [9.17, 15) is 0 Å². The molecule has 4 nitrogen and oxygen atoms in total. The molecule has 25 heavy (non-hydrogen) atoms. The van der Waals surface area contributed by atoms with E-state index in [2.05, 4.69) is 36.6 Å². The van der Waals surface area contributed by atoms with Gasteiger partial charge in [-0.2, -0.15) is 0 Å². The van der Waals surface area contributed by atoms with Crippen LogP contribution < -0.4 is 20.1 Å². The van der Waals surface area contributed by atoms with Gasteiger partial charge in [0.05, 0.1) is 13.2 Å². The quantitative estimate of drug-likeness (QED) is 0.534. The number of hydrogen-bond donors (Lipinski definition) is 2. The lowest BCUT2D eigenvalue weighted by Crippen LogP contribution is -2.31. The highest BCUT2D eigenvalue weighted by Gasteiger charge is 2.01. The molecule has 0 unspecified atom stereocenters. The van der Waals surface area contributed by atoms with Gasteiger partial charge < -0.3 is 20.1 Å². The number of nitrogens with one attached hydrogen (secondary N) is 2. The number of anilines is 1. The van der Waals surface area contributed by atoms with Crippen LogP contribution in [0.5, 0.6) is 11.5 Å². The molecule has 0 atom stereocenters. The average Bonchev–Trinajstić information content (AvgIpc) is 2.61. The largest absolute Gasteiger partial charge is 0.494 e. The summed E-state index contributed by atoms with van der Waals surface area (Å²) in [4.78, 5) is 0. The molecular formula is C20H26N2O2S. The molecule has 2 aromatic carbocycles. The Bertz CT molecular complexity index is 654. The predicted molar refractivity (Wildman–Crippen MR) is 108 cm³/mol. The first-order chi connectivity index (χ1) is 12.1. The molecule has 0 aliphatic heterocycles. The normalized spacial score (nSPS) is 10.4. The van der Waals surface area contributed by atoms with Crippen molar-refractivity contribution in [3.8, 4) is 11.5 Å². The van der Waals surface area contributed by atoms with Crippen LogP contribution in [0.4, 0.5) is 5.69 Å². The fourth-order valence-corrected chi connectivity index (χ4v) is 2.48. The van der Waals surface area contributed by atoms with Crippen molar-refractivity contribution in [2.45, 2.75) is 26.7 Å². The van der Waals surface area contributed by atoms with Crippen molar-refractivity contribution < 1.29 is 9.47 Å². The molecule has 2 rings (SSSR count). The van der Waals surface area contributed by atoms with E-state index >= 15 is 0 Å². The minimum absolute atomic E-state index is 0.527. The Morgan fingerprint density at radius 3 is 2.12 bits per heavy atom. The molecular weight excluding hydrogens is 332 g/mol. The summed E-state index contributed by atoms with van der Waals surface area (Å²) in [6.45, 7) is 8.14. The van der Waals surface area contributed by atoms with Crippen molar-refractivity contribution in [3.05, 3.63) is 54.1 Å². The molecule has 0 amide bonds. The second-order valence-corrected chi connectivity index (χ2v) is 6.32. The Labute approximate surface area is 155 Å². The van der Waals surface area contributed by atoms with Crippen LogP contribution in [0.2, 0.25) is 0 Å². The summed E-state index contributed by atoms with van der Waals surface area (Å²) < 4.78 is 11.1. The monoisotopic (exact) mass is 358 g/mol. The predicted octanol–water partition coefficient (Wildman–Crippen LogP) is 4.57. The smallest absolute Gasteiger partial charge is 0.170 e. The molecule has 0 fully saturated rings. The molecule has 0 saturated carbocycles. The maximum Gasteiger partial charge on any atom is 0.170 e. The van der Waals surface area contributed by atoms with Gasteiger partial charge in [0.25, 0.3) is 0 Å². The van der Waals surface area contributed by atoms with E-state index in [4.69, 9.17) is 21.7 Å². The first-order valence-corrected chi connectivity index (χ1v) is 8.99. The number of benzene rings is 2.